The van der Waals surface area contributed by atoms with Crippen LogP contribution in [0.25, 0.3) is 11.2 Å². The van der Waals surface area contributed by atoms with Crippen LogP contribution in [-0.4, -0.2) is 10.4 Å². The van der Waals surface area contributed by atoms with Gasteiger partial charge in [0.25, 0.3) is 0 Å². The second kappa shape index (κ2) is 9.49. The van der Waals surface area contributed by atoms with Crippen molar-refractivity contribution < 1.29 is 9.31 Å². The zero-order valence-electron chi connectivity index (χ0n) is 17.0. The van der Waals surface area contributed by atoms with Crippen LogP contribution in [0.15, 0.2) is 109 Å². The summed E-state index contributed by atoms with van der Waals surface area (Å²) in [7, 11) is -2.68. The number of rotatable bonds is 6. The van der Waals surface area contributed by atoms with Crippen molar-refractivity contribution in [2.75, 3.05) is 0 Å². The van der Waals surface area contributed by atoms with Crippen molar-refractivity contribution in [2.45, 2.75) is 0 Å². The summed E-state index contributed by atoms with van der Waals surface area (Å²) in [5.41, 5.74) is 4.24. The molecular formula is C26H19FN2O2P-. The van der Waals surface area contributed by atoms with Crippen molar-refractivity contribution in [2.24, 2.45) is 0 Å². The molecule has 0 amide bonds. The van der Waals surface area contributed by atoms with Gasteiger partial charge >= 0.3 is 5.69 Å². The molecule has 4 rings (SSSR count). The van der Waals surface area contributed by atoms with Gasteiger partial charge in [-0.25, -0.2) is 0 Å². The first-order chi connectivity index (χ1) is 15.6. The van der Waals surface area contributed by atoms with Crippen LogP contribution in [0.3, 0.4) is 0 Å². The molecule has 0 radical (unpaired) electrons. The molecule has 0 heterocycles. The summed E-state index contributed by atoms with van der Waals surface area (Å²) >= 11 is 0. The number of nitro benzene ring substituents is 1. The smallest absolute Gasteiger partial charge is 0.303 e. The average molecular weight is 441 g/mol. The van der Waals surface area contributed by atoms with Crippen LogP contribution >= 0.6 is 7.04 Å². The number of nitro groups is 1. The van der Waals surface area contributed by atoms with E-state index in [4.69, 9.17) is 5.09 Å². The molecule has 158 valence electrons. The van der Waals surface area contributed by atoms with E-state index in [1.165, 1.54) is 12.1 Å². The molecule has 4 nitrogen and oxygen atoms in total. The number of hydrogen-bond acceptors (Lipinski definition) is 2. The predicted molar refractivity (Wildman–Crippen MR) is 131 cm³/mol. The molecule has 0 aromatic heterocycles. The predicted octanol–water partition coefficient (Wildman–Crippen LogP) is 6.44. The Morgan fingerprint density at radius 1 is 0.812 bits per heavy atom. The van der Waals surface area contributed by atoms with E-state index in [2.05, 4.69) is 5.45 Å². The summed E-state index contributed by atoms with van der Waals surface area (Å²) < 4.78 is 14.0. The highest BCUT2D eigenvalue weighted by Gasteiger charge is 2.16. The van der Waals surface area contributed by atoms with E-state index in [0.29, 0.717) is 5.69 Å². The zero-order valence-corrected chi connectivity index (χ0v) is 17.9. The van der Waals surface area contributed by atoms with E-state index in [0.717, 1.165) is 22.2 Å². The third-order valence-corrected chi connectivity index (χ3v) is 7.99. The molecule has 0 fully saturated rings. The largest absolute Gasteiger partial charge is 0.646 e. The lowest BCUT2D eigenvalue weighted by Gasteiger charge is -2.40. The van der Waals surface area contributed by atoms with Crippen LogP contribution in [-0.2, 0) is 0 Å². The molecule has 0 aliphatic rings. The number of benzene rings is 4. The lowest BCUT2D eigenvalue weighted by atomic mass is 10.2. The lowest BCUT2D eigenvalue weighted by molar-refractivity contribution is -0.387. The summed E-state index contributed by atoms with van der Waals surface area (Å²) in [6.45, 7) is 0. The van der Waals surface area contributed by atoms with Gasteiger partial charge in [0.05, 0.1) is 4.92 Å². The Bertz CT molecular complexity index is 1280. The minimum absolute atomic E-state index is 0.327. The Labute approximate surface area is 185 Å². The Kier molecular flexibility index (Phi) is 6.32. The Morgan fingerprint density at radius 2 is 1.34 bits per heavy atom. The van der Waals surface area contributed by atoms with Crippen molar-refractivity contribution in [3.05, 3.63) is 136 Å². The molecule has 0 saturated heterocycles. The Balaban J connectivity index is 2.01. The number of hydrogen-bond donors (Lipinski definition) is 0. The number of halogens is 1. The SMILES string of the molecule is O=[N+]([O-])c1cc([N-]P(=C=Cc2ccccc2)(c2ccccc2)c2ccccc2)ccc1F. The van der Waals surface area contributed by atoms with Gasteiger partial charge in [0.2, 0.25) is 0 Å². The van der Waals surface area contributed by atoms with Crippen molar-refractivity contribution in [3.63, 3.8) is 0 Å². The van der Waals surface area contributed by atoms with Crippen molar-refractivity contribution >= 4 is 40.5 Å². The van der Waals surface area contributed by atoms with Crippen LogP contribution < -0.4 is 10.6 Å². The molecule has 0 unspecified atom stereocenters. The zero-order chi connectivity index (χ0) is 22.4. The van der Waals surface area contributed by atoms with Crippen molar-refractivity contribution in [1.82, 2.24) is 0 Å². The maximum absolute atomic E-state index is 14.0. The van der Waals surface area contributed by atoms with Gasteiger partial charge in [-0.15, -0.1) is 11.1 Å². The van der Waals surface area contributed by atoms with Gasteiger partial charge in [0, 0.05) is 6.07 Å². The summed E-state index contributed by atoms with van der Waals surface area (Å²) in [6.07, 6.45) is 1.90. The van der Waals surface area contributed by atoms with Gasteiger partial charge < -0.3 is 5.09 Å². The Hall–Kier alpha value is -3.91. The highest BCUT2D eigenvalue weighted by molar-refractivity contribution is 7.90. The molecule has 0 aliphatic carbocycles. The molecule has 0 spiro atoms. The summed E-state index contributed by atoms with van der Waals surface area (Å²) in [4.78, 5) is 10.6. The molecule has 0 aliphatic heterocycles. The van der Waals surface area contributed by atoms with Gasteiger partial charge in [-0.1, -0.05) is 104 Å². The molecule has 0 atom stereocenters. The first-order valence-corrected chi connectivity index (χ1v) is 11.7. The fraction of sp³-hybridized carbons (Fsp3) is 0. The van der Waals surface area contributed by atoms with Crippen LogP contribution in [0.2, 0.25) is 0 Å². The van der Waals surface area contributed by atoms with Crippen LogP contribution in [0, 0.1) is 15.9 Å². The first-order valence-electron chi connectivity index (χ1n) is 9.92. The van der Waals surface area contributed by atoms with Crippen molar-refractivity contribution in [3.8, 4) is 0 Å². The summed E-state index contributed by atoms with van der Waals surface area (Å²) in [5.74, 6) is -0.888. The molecule has 6 heteroatoms. The van der Waals surface area contributed by atoms with E-state index in [-0.39, 0.29) is 0 Å². The summed E-state index contributed by atoms with van der Waals surface area (Å²) in [5, 5.41) is 18.2. The van der Waals surface area contributed by atoms with E-state index >= 15 is 0 Å². The second-order valence-corrected chi connectivity index (χ2v) is 9.75. The van der Waals surface area contributed by atoms with E-state index in [1.807, 2.05) is 97.1 Å². The maximum Gasteiger partial charge on any atom is 0.303 e. The minimum Gasteiger partial charge on any atom is -0.646 e. The van der Waals surface area contributed by atoms with E-state index in [9.17, 15) is 14.5 Å². The molecule has 0 saturated carbocycles. The third-order valence-electron chi connectivity index (χ3n) is 4.87. The number of nitrogens with zero attached hydrogens (tertiary/aromatic N) is 2. The molecular weight excluding hydrogens is 422 g/mol. The standard InChI is InChI=1S/C26H19FN2O2P/c27-25-17-16-22(20-26(25)29(30)31)28-32(23-12-6-2-7-13-23,24-14-8-3-9-15-24)19-18-21-10-4-1-5-11-21/h1-18,20H/q-1. The molecule has 4 aromatic rings. The molecule has 0 N–H and O–H groups in total. The van der Waals surface area contributed by atoms with E-state index < -0.39 is 23.5 Å². The Morgan fingerprint density at radius 3 is 1.88 bits per heavy atom. The maximum atomic E-state index is 14.0. The third kappa shape index (κ3) is 4.55. The first kappa shape index (κ1) is 21.3. The normalized spacial score (nSPS) is 10.8. The molecule has 4 aromatic carbocycles. The van der Waals surface area contributed by atoms with Gasteiger partial charge in [0.1, 0.15) is 0 Å². The topological polar surface area (TPSA) is 57.2 Å². The fourth-order valence-electron chi connectivity index (χ4n) is 3.32. The van der Waals surface area contributed by atoms with Crippen LogP contribution in [0.4, 0.5) is 15.8 Å². The van der Waals surface area contributed by atoms with Crippen LogP contribution in [0.5, 0.6) is 0 Å². The highest BCUT2D eigenvalue weighted by atomic mass is 31.2. The van der Waals surface area contributed by atoms with Gasteiger partial charge in [-0.05, 0) is 28.3 Å². The van der Waals surface area contributed by atoms with Gasteiger partial charge in [-0.2, -0.15) is 4.39 Å². The van der Waals surface area contributed by atoms with E-state index in [1.54, 1.807) is 0 Å². The van der Waals surface area contributed by atoms with Crippen LogP contribution in [0.1, 0.15) is 5.56 Å². The van der Waals surface area contributed by atoms with Gasteiger partial charge in [-0.3, -0.25) is 10.1 Å². The lowest BCUT2D eigenvalue weighted by Crippen LogP contribution is -2.15. The molecule has 32 heavy (non-hydrogen) atoms. The minimum atomic E-state index is -2.68. The average Bonchev–Trinajstić information content (AvgIpc) is 2.84. The van der Waals surface area contributed by atoms with Crippen molar-refractivity contribution in [1.29, 1.82) is 0 Å². The van der Waals surface area contributed by atoms with Gasteiger partial charge in [0.15, 0.2) is 5.82 Å². The quantitative estimate of drug-likeness (QED) is 0.196. The highest BCUT2D eigenvalue weighted by Crippen LogP contribution is 2.55. The summed E-state index contributed by atoms with van der Waals surface area (Å²) in [6, 6.07) is 33.0. The fourth-order valence-corrected chi connectivity index (χ4v) is 6.22. The second-order valence-electron chi connectivity index (χ2n) is 6.98. The monoisotopic (exact) mass is 441 g/mol. The molecule has 0 bridgehead atoms.